The van der Waals surface area contributed by atoms with E-state index in [9.17, 15) is 14.9 Å². The molecular formula is C26H35ClN2O4. The molecule has 0 spiro atoms. The Kier molecular flexibility index (Phi) is 8.52. The van der Waals surface area contributed by atoms with Gasteiger partial charge >= 0.3 is 0 Å². The van der Waals surface area contributed by atoms with Gasteiger partial charge in [-0.05, 0) is 53.9 Å². The summed E-state index contributed by atoms with van der Waals surface area (Å²) >= 11 is 5.87. The number of hydrogen-bond donors (Lipinski definition) is 1. The van der Waals surface area contributed by atoms with Crippen LogP contribution >= 0.6 is 11.6 Å². The lowest BCUT2D eigenvalue weighted by Gasteiger charge is -2.31. The highest BCUT2D eigenvalue weighted by molar-refractivity contribution is 6.32. The molecular weight excluding hydrogens is 440 g/mol. The second-order valence-electron chi connectivity index (χ2n) is 9.61. The fourth-order valence-corrected chi connectivity index (χ4v) is 3.59. The second kappa shape index (κ2) is 10.6. The highest BCUT2D eigenvalue weighted by Crippen LogP contribution is 2.39. The number of rotatable bonds is 10. The van der Waals surface area contributed by atoms with Crippen molar-refractivity contribution in [3.63, 3.8) is 0 Å². The number of nitro groups is 1. The van der Waals surface area contributed by atoms with Crippen LogP contribution in [0, 0.1) is 10.1 Å². The molecule has 180 valence electrons. The van der Waals surface area contributed by atoms with Gasteiger partial charge in [0.05, 0.1) is 4.92 Å². The van der Waals surface area contributed by atoms with Gasteiger partial charge in [-0.15, -0.1) is 0 Å². The van der Waals surface area contributed by atoms with E-state index in [2.05, 4.69) is 59.0 Å². The topological polar surface area (TPSA) is 81.5 Å². The van der Waals surface area contributed by atoms with Crippen LogP contribution in [-0.4, -0.2) is 16.9 Å². The van der Waals surface area contributed by atoms with Crippen LogP contribution in [0.1, 0.15) is 78.9 Å². The molecule has 2 aromatic rings. The van der Waals surface area contributed by atoms with Crippen LogP contribution in [0.2, 0.25) is 5.02 Å². The quantitative estimate of drug-likeness (QED) is 0.287. The maximum atomic E-state index is 13.0. The lowest BCUT2D eigenvalue weighted by atomic mass is 9.76. The minimum Gasteiger partial charge on any atom is -0.480 e. The average molecular weight is 475 g/mol. The van der Waals surface area contributed by atoms with Crippen molar-refractivity contribution in [2.75, 3.05) is 5.32 Å². The van der Waals surface area contributed by atoms with Gasteiger partial charge in [0, 0.05) is 17.3 Å². The van der Waals surface area contributed by atoms with Crippen molar-refractivity contribution < 1.29 is 14.5 Å². The van der Waals surface area contributed by atoms with Gasteiger partial charge in [-0.1, -0.05) is 72.2 Å². The van der Waals surface area contributed by atoms with E-state index in [1.54, 1.807) is 0 Å². The molecule has 7 heteroatoms. The smallest absolute Gasteiger partial charge is 0.289 e. The molecule has 2 rings (SSSR count). The SMILES string of the molecule is CCC(Oc1ccc(C(C)(C)CC)cc1C(C)(C)CC)C(=O)Nc1ccc(Cl)c([N+](=O)[O-])c1. The highest BCUT2D eigenvalue weighted by Gasteiger charge is 2.29. The number of halogens is 1. The zero-order valence-corrected chi connectivity index (χ0v) is 21.4. The molecule has 0 saturated heterocycles. The van der Waals surface area contributed by atoms with Gasteiger partial charge < -0.3 is 10.1 Å². The summed E-state index contributed by atoms with van der Waals surface area (Å²) in [5, 5.41) is 13.9. The van der Waals surface area contributed by atoms with Crippen molar-refractivity contribution >= 4 is 28.9 Å². The van der Waals surface area contributed by atoms with Gasteiger partial charge in [0.2, 0.25) is 0 Å². The van der Waals surface area contributed by atoms with E-state index in [4.69, 9.17) is 16.3 Å². The van der Waals surface area contributed by atoms with Crippen molar-refractivity contribution in [1.82, 2.24) is 0 Å². The summed E-state index contributed by atoms with van der Waals surface area (Å²) in [5.41, 5.74) is 2.23. The van der Waals surface area contributed by atoms with Crippen LogP contribution in [0.5, 0.6) is 5.75 Å². The molecule has 0 aliphatic heterocycles. The van der Waals surface area contributed by atoms with Crippen molar-refractivity contribution in [3.8, 4) is 5.75 Å². The monoisotopic (exact) mass is 474 g/mol. The molecule has 0 fully saturated rings. The van der Waals surface area contributed by atoms with E-state index in [0.717, 1.165) is 18.4 Å². The van der Waals surface area contributed by atoms with Gasteiger partial charge in [-0.25, -0.2) is 0 Å². The Hall–Kier alpha value is -2.60. The van der Waals surface area contributed by atoms with E-state index >= 15 is 0 Å². The molecule has 2 aromatic carbocycles. The minimum atomic E-state index is -0.754. The number of hydrogen-bond acceptors (Lipinski definition) is 4. The predicted octanol–water partition coefficient (Wildman–Crippen LogP) is 7.42. The lowest BCUT2D eigenvalue weighted by molar-refractivity contribution is -0.384. The Morgan fingerprint density at radius 1 is 1.06 bits per heavy atom. The van der Waals surface area contributed by atoms with E-state index in [1.807, 2.05) is 13.0 Å². The van der Waals surface area contributed by atoms with Crippen LogP contribution in [0.15, 0.2) is 36.4 Å². The van der Waals surface area contributed by atoms with Gasteiger partial charge in [-0.3, -0.25) is 14.9 Å². The summed E-state index contributed by atoms with van der Waals surface area (Å²) in [6.07, 6.45) is 1.61. The first-order valence-electron chi connectivity index (χ1n) is 11.4. The highest BCUT2D eigenvalue weighted by atomic mass is 35.5. The summed E-state index contributed by atoms with van der Waals surface area (Å²) in [6, 6.07) is 10.4. The summed E-state index contributed by atoms with van der Waals surface area (Å²) < 4.78 is 6.25. The Bertz CT molecular complexity index is 1020. The summed E-state index contributed by atoms with van der Waals surface area (Å²) in [5.74, 6) is 0.314. The lowest BCUT2D eigenvalue weighted by Crippen LogP contribution is -2.33. The Labute approximate surface area is 201 Å². The van der Waals surface area contributed by atoms with Crippen molar-refractivity contribution in [2.45, 2.75) is 84.7 Å². The molecule has 1 amide bonds. The number of benzene rings is 2. The number of ether oxygens (including phenoxy) is 1. The number of carbonyl (C=O) groups excluding carboxylic acids is 1. The molecule has 0 aliphatic rings. The van der Waals surface area contributed by atoms with Gasteiger partial charge in [0.15, 0.2) is 6.10 Å². The van der Waals surface area contributed by atoms with Crippen molar-refractivity contribution in [2.24, 2.45) is 0 Å². The molecule has 33 heavy (non-hydrogen) atoms. The zero-order chi connectivity index (χ0) is 25.0. The fraction of sp³-hybridized carbons (Fsp3) is 0.500. The van der Waals surface area contributed by atoms with Crippen LogP contribution in [-0.2, 0) is 15.6 Å². The maximum absolute atomic E-state index is 13.0. The summed E-state index contributed by atoms with van der Waals surface area (Å²) in [6.45, 7) is 15.0. The van der Waals surface area contributed by atoms with Gasteiger partial charge in [0.25, 0.3) is 11.6 Å². The molecule has 0 heterocycles. The number of nitro benzene ring substituents is 1. The third-order valence-electron chi connectivity index (χ3n) is 6.60. The van der Waals surface area contributed by atoms with Crippen molar-refractivity contribution in [1.29, 1.82) is 0 Å². The third-order valence-corrected chi connectivity index (χ3v) is 6.92. The van der Waals surface area contributed by atoms with Gasteiger partial charge in [0.1, 0.15) is 10.8 Å². The molecule has 1 unspecified atom stereocenters. The molecule has 0 saturated carbocycles. The molecule has 0 aromatic heterocycles. The van der Waals surface area contributed by atoms with Gasteiger partial charge in [-0.2, -0.15) is 0 Å². The first-order valence-corrected chi connectivity index (χ1v) is 11.8. The molecule has 1 N–H and O–H groups in total. The number of nitrogens with one attached hydrogen (secondary N) is 1. The molecule has 0 radical (unpaired) electrons. The Morgan fingerprint density at radius 3 is 2.24 bits per heavy atom. The first kappa shape index (κ1) is 26.7. The van der Waals surface area contributed by atoms with Crippen molar-refractivity contribution in [3.05, 3.63) is 62.7 Å². The number of anilines is 1. The Balaban J connectivity index is 2.36. The normalized spacial score (nSPS) is 12.8. The molecule has 1 atom stereocenters. The van der Waals surface area contributed by atoms with Crippen LogP contribution < -0.4 is 10.1 Å². The van der Waals surface area contributed by atoms with E-state index in [-0.39, 0.29) is 27.4 Å². The predicted molar refractivity (Wildman–Crippen MR) is 135 cm³/mol. The van der Waals surface area contributed by atoms with E-state index in [0.29, 0.717) is 17.9 Å². The molecule has 0 bridgehead atoms. The second-order valence-corrected chi connectivity index (χ2v) is 10.0. The number of nitrogens with zero attached hydrogens (tertiary/aromatic N) is 1. The van der Waals surface area contributed by atoms with E-state index in [1.165, 1.54) is 23.8 Å². The zero-order valence-electron chi connectivity index (χ0n) is 20.6. The fourth-order valence-electron chi connectivity index (χ4n) is 3.41. The average Bonchev–Trinajstić information content (AvgIpc) is 2.78. The maximum Gasteiger partial charge on any atom is 0.289 e. The van der Waals surface area contributed by atoms with E-state index < -0.39 is 11.0 Å². The van der Waals surface area contributed by atoms with Crippen LogP contribution in [0.25, 0.3) is 0 Å². The van der Waals surface area contributed by atoms with Crippen LogP contribution in [0.3, 0.4) is 0 Å². The molecule has 6 nitrogen and oxygen atoms in total. The Morgan fingerprint density at radius 2 is 1.70 bits per heavy atom. The number of carbonyl (C=O) groups is 1. The van der Waals surface area contributed by atoms with Crippen LogP contribution in [0.4, 0.5) is 11.4 Å². The first-order chi connectivity index (χ1) is 15.4. The number of amides is 1. The summed E-state index contributed by atoms with van der Waals surface area (Å²) in [4.78, 5) is 23.6. The standard InChI is InChI=1S/C26H35ClN2O4/c1-8-22(24(30)28-18-12-13-20(27)21(16-18)29(31)32)33-23-14-11-17(25(4,5)9-2)15-19(23)26(6,7)10-3/h11-16,22H,8-10H2,1-7H3,(H,28,30). The largest absolute Gasteiger partial charge is 0.480 e. The third kappa shape index (κ3) is 6.26. The summed E-state index contributed by atoms with van der Waals surface area (Å²) in [7, 11) is 0. The molecule has 0 aliphatic carbocycles. The minimum absolute atomic E-state index is 0.0165.